The molecule has 0 radical (unpaired) electrons. The smallest absolute Gasteiger partial charge is 0.0719 e. The van der Waals surface area contributed by atoms with Crippen molar-refractivity contribution in [2.24, 2.45) is 5.92 Å². The normalized spacial score (nSPS) is 22.8. The van der Waals surface area contributed by atoms with E-state index in [0.29, 0.717) is 17.9 Å². The Morgan fingerprint density at radius 2 is 1.70 bits per heavy atom. The molecule has 27 heavy (non-hydrogen) atoms. The van der Waals surface area contributed by atoms with Crippen LogP contribution in [0.2, 0.25) is 5.02 Å². The number of hydrogen-bond donors (Lipinski definition) is 1. The molecule has 0 saturated heterocycles. The zero-order valence-corrected chi connectivity index (χ0v) is 15.5. The van der Waals surface area contributed by atoms with Gasteiger partial charge in [-0.1, -0.05) is 60.1 Å². The Morgan fingerprint density at radius 3 is 2.59 bits per heavy atom. The average molecular weight is 371 g/mol. The molecule has 3 atom stereocenters. The van der Waals surface area contributed by atoms with Crippen LogP contribution in [0.1, 0.15) is 28.8 Å². The van der Waals surface area contributed by atoms with Crippen molar-refractivity contribution < 1.29 is 0 Å². The highest BCUT2D eigenvalue weighted by Gasteiger charge is 2.44. The molecule has 3 aromatic carbocycles. The van der Waals surface area contributed by atoms with Crippen LogP contribution in [0.4, 0.5) is 5.69 Å². The second-order valence-electron chi connectivity index (χ2n) is 7.64. The van der Waals surface area contributed by atoms with E-state index in [0.717, 1.165) is 11.6 Å². The van der Waals surface area contributed by atoms with Gasteiger partial charge in [-0.15, -0.1) is 0 Å². The lowest BCUT2D eigenvalue weighted by Gasteiger charge is -2.37. The Balaban J connectivity index is 1.56. The van der Waals surface area contributed by atoms with Gasteiger partial charge < -0.3 is 9.88 Å². The molecule has 4 aromatic rings. The van der Waals surface area contributed by atoms with Gasteiger partial charge in [-0.3, -0.25) is 0 Å². The zero-order chi connectivity index (χ0) is 18.0. The Hall–Kier alpha value is -2.71. The first-order valence-electron chi connectivity index (χ1n) is 9.49. The van der Waals surface area contributed by atoms with E-state index in [4.69, 9.17) is 11.6 Å². The second kappa shape index (κ2) is 5.64. The summed E-state index contributed by atoms with van der Waals surface area (Å²) in [5.74, 6) is 0.808. The van der Waals surface area contributed by atoms with Crippen molar-refractivity contribution in [3.63, 3.8) is 0 Å². The van der Waals surface area contributed by atoms with Gasteiger partial charge in [0, 0.05) is 40.3 Å². The number of rotatable bonds is 1. The van der Waals surface area contributed by atoms with Crippen LogP contribution in [0.25, 0.3) is 10.9 Å². The summed E-state index contributed by atoms with van der Waals surface area (Å²) in [5.41, 5.74) is 6.60. The Morgan fingerprint density at radius 1 is 0.889 bits per heavy atom. The monoisotopic (exact) mass is 370 g/mol. The van der Waals surface area contributed by atoms with E-state index < -0.39 is 0 Å². The predicted molar refractivity (Wildman–Crippen MR) is 112 cm³/mol. The molecular weight excluding hydrogens is 352 g/mol. The van der Waals surface area contributed by atoms with Gasteiger partial charge in [0.05, 0.1) is 6.04 Å². The molecule has 2 aliphatic heterocycles. The molecule has 0 unspecified atom stereocenters. The minimum absolute atomic E-state index is 0.316. The predicted octanol–water partition coefficient (Wildman–Crippen LogP) is 6.22. The minimum Gasteiger partial charge on any atom is -0.376 e. The van der Waals surface area contributed by atoms with Crippen LogP contribution in [0.15, 0.2) is 78.9 Å². The lowest BCUT2D eigenvalue weighted by Crippen LogP contribution is -2.29. The van der Waals surface area contributed by atoms with Crippen LogP contribution < -0.4 is 5.32 Å². The number of para-hydroxylation sites is 1. The number of halogens is 1. The molecule has 0 amide bonds. The fourth-order valence-corrected chi connectivity index (χ4v) is 5.30. The molecular formula is C24H19ClN2. The molecule has 0 aliphatic carbocycles. The molecule has 132 valence electrons. The Bertz CT molecular complexity index is 1160. The van der Waals surface area contributed by atoms with Crippen LogP contribution in [-0.4, -0.2) is 4.57 Å². The molecule has 3 heteroatoms. The maximum Gasteiger partial charge on any atom is 0.0719 e. The lowest BCUT2D eigenvalue weighted by atomic mass is 9.74. The highest BCUT2D eigenvalue weighted by molar-refractivity contribution is 6.30. The van der Waals surface area contributed by atoms with E-state index in [2.05, 4.69) is 82.7 Å². The van der Waals surface area contributed by atoms with Gasteiger partial charge in [-0.2, -0.15) is 0 Å². The third kappa shape index (κ3) is 2.20. The number of anilines is 1. The molecule has 6 rings (SSSR count). The Labute approximate surface area is 163 Å². The molecule has 3 heterocycles. The summed E-state index contributed by atoms with van der Waals surface area (Å²) in [6.45, 7) is 1.02. The van der Waals surface area contributed by atoms with Crippen molar-refractivity contribution >= 4 is 28.2 Å². The lowest BCUT2D eigenvalue weighted by molar-refractivity contribution is 0.403. The average Bonchev–Trinajstić information content (AvgIpc) is 3.23. The van der Waals surface area contributed by atoms with Gasteiger partial charge >= 0.3 is 0 Å². The summed E-state index contributed by atoms with van der Waals surface area (Å²) in [5, 5.41) is 5.95. The van der Waals surface area contributed by atoms with Crippen molar-refractivity contribution in [3.05, 3.63) is 101 Å². The number of benzene rings is 3. The van der Waals surface area contributed by atoms with E-state index in [1.165, 1.54) is 33.4 Å². The van der Waals surface area contributed by atoms with Gasteiger partial charge in [0.25, 0.3) is 0 Å². The highest BCUT2D eigenvalue weighted by Crippen LogP contribution is 2.52. The van der Waals surface area contributed by atoms with Crippen LogP contribution >= 0.6 is 11.6 Å². The molecule has 1 N–H and O–H groups in total. The van der Waals surface area contributed by atoms with Gasteiger partial charge in [-0.25, -0.2) is 0 Å². The molecule has 0 bridgehead atoms. The fourth-order valence-electron chi connectivity index (χ4n) is 5.12. The highest BCUT2D eigenvalue weighted by atomic mass is 35.5. The van der Waals surface area contributed by atoms with Crippen LogP contribution in [0.5, 0.6) is 0 Å². The molecule has 1 aromatic heterocycles. The van der Waals surface area contributed by atoms with Crippen molar-refractivity contribution in [1.29, 1.82) is 0 Å². The van der Waals surface area contributed by atoms with Crippen LogP contribution in [0, 0.1) is 5.92 Å². The van der Waals surface area contributed by atoms with Gasteiger partial charge in [0.2, 0.25) is 0 Å². The number of fused-ring (bicyclic) bond motifs is 6. The number of aromatic nitrogens is 1. The second-order valence-corrected chi connectivity index (χ2v) is 8.08. The topological polar surface area (TPSA) is 17.0 Å². The summed E-state index contributed by atoms with van der Waals surface area (Å²) in [6.07, 6.45) is 0. The largest absolute Gasteiger partial charge is 0.376 e. The van der Waals surface area contributed by atoms with E-state index in [1.54, 1.807) is 0 Å². The molecule has 2 aliphatic rings. The van der Waals surface area contributed by atoms with Gasteiger partial charge in [-0.05, 0) is 46.8 Å². The van der Waals surface area contributed by atoms with E-state index >= 15 is 0 Å². The molecule has 2 nitrogen and oxygen atoms in total. The first-order valence-corrected chi connectivity index (χ1v) is 9.86. The quantitative estimate of drug-likeness (QED) is 0.420. The van der Waals surface area contributed by atoms with Crippen molar-refractivity contribution in [1.82, 2.24) is 4.57 Å². The maximum atomic E-state index is 6.39. The number of nitrogens with zero attached hydrogens (tertiary/aromatic N) is 1. The third-order valence-electron chi connectivity index (χ3n) is 6.23. The van der Waals surface area contributed by atoms with Gasteiger partial charge in [0.15, 0.2) is 0 Å². The van der Waals surface area contributed by atoms with Crippen molar-refractivity contribution in [2.45, 2.75) is 18.5 Å². The fraction of sp³-hybridized carbons (Fsp3) is 0.167. The first kappa shape index (κ1) is 15.4. The first-order chi connectivity index (χ1) is 13.3. The van der Waals surface area contributed by atoms with Crippen LogP contribution in [0.3, 0.4) is 0 Å². The van der Waals surface area contributed by atoms with Crippen LogP contribution in [-0.2, 0) is 6.54 Å². The third-order valence-corrected chi connectivity index (χ3v) is 6.46. The SMILES string of the molecule is Clc1ccc2c(c1)[C@H](c1ccccc1)[C@@H]1Cn3c(cc4ccccc43)[C@H]1N2. The summed E-state index contributed by atoms with van der Waals surface area (Å²) in [4.78, 5) is 0. The summed E-state index contributed by atoms with van der Waals surface area (Å²) >= 11 is 6.39. The minimum atomic E-state index is 0.316. The van der Waals surface area contributed by atoms with Gasteiger partial charge in [0.1, 0.15) is 0 Å². The summed E-state index contributed by atoms with van der Waals surface area (Å²) < 4.78 is 2.50. The molecule has 0 spiro atoms. The Kier molecular flexibility index (Phi) is 3.21. The number of nitrogens with one attached hydrogen (secondary N) is 1. The molecule has 0 fully saturated rings. The number of hydrogen-bond acceptors (Lipinski definition) is 1. The molecule has 0 saturated carbocycles. The van der Waals surface area contributed by atoms with Crippen molar-refractivity contribution in [3.8, 4) is 0 Å². The van der Waals surface area contributed by atoms with E-state index in [9.17, 15) is 0 Å². The maximum absolute atomic E-state index is 6.39. The standard InChI is InChI=1S/C24H19ClN2/c25-17-10-11-20-18(13-17)23(15-6-2-1-3-7-15)19-14-27-21-9-5-4-8-16(21)12-22(27)24(19)26-20/h1-13,19,23-24,26H,14H2/t19-,23-,24-/m0/s1. The summed E-state index contributed by atoms with van der Waals surface area (Å²) in [7, 11) is 0. The summed E-state index contributed by atoms with van der Waals surface area (Å²) in [6, 6.07) is 28.5. The van der Waals surface area contributed by atoms with Crippen molar-refractivity contribution in [2.75, 3.05) is 5.32 Å². The van der Waals surface area contributed by atoms with E-state index in [-0.39, 0.29) is 0 Å². The zero-order valence-electron chi connectivity index (χ0n) is 14.8. The van der Waals surface area contributed by atoms with E-state index in [1.807, 2.05) is 6.07 Å².